The second-order valence-electron chi connectivity index (χ2n) is 4.74. The van der Waals surface area contributed by atoms with Gasteiger partial charge in [0.25, 0.3) is 0 Å². The van der Waals surface area contributed by atoms with Crippen LogP contribution in [0.1, 0.15) is 13.8 Å². The van der Waals surface area contributed by atoms with Crippen molar-refractivity contribution in [1.29, 1.82) is 0 Å². The molecule has 14 heavy (non-hydrogen) atoms. The van der Waals surface area contributed by atoms with Crippen molar-refractivity contribution in [2.24, 2.45) is 5.41 Å². The maximum Gasteiger partial charge on any atom is 0.218 e. The van der Waals surface area contributed by atoms with Crippen molar-refractivity contribution in [2.75, 3.05) is 39.5 Å². The summed E-state index contributed by atoms with van der Waals surface area (Å²) in [6.07, 6.45) is -0.146. The maximum atomic E-state index is 5.68. The van der Waals surface area contributed by atoms with Gasteiger partial charge in [0.1, 0.15) is 0 Å². The molecule has 0 unspecified atom stereocenters. The van der Waals surface area contributed by atoms with Crippen LogP contribution in [0.3, 0.4) is 0 Å². The van der Waals surface area contributed by atoms with Crippen LogP contribution in [0.15, 0.2) is 0 Å². The minimum absolute atomic E-state index is 0.146. The molecule has 2 heterocycles. The molecule has 0 bridgehead atoms. The summed E-state index contributed by atoms with van der Waals surface area (Å²) in [5, 5.41) is 0. The first-order chi connectivity index (χ1) is 6.67. The van der Waals surface area contributed by atoms with E-state index in [0.29, 0.717) is 0 Å². The molecule has 2 aliphatic heterocycles. The third-order valence-corrected chi connectivity index (χ3v) is 2.58. The van der Waals surface area contributed by atoms with Crippen LogP contribution in [0.25, 0.3) is 0 Å². The number of morpholine rings is 1. The predicted molar refractivity (Wildman–Crippen MR) is 51.9 cm³/mol. The van der Waals surface area contributed by atoms with E-state index in [9.17, 15) is 0 Å². The lowest BCUT2D eigenvalue weighted by molar-refractivity contribution is -0.290. The van der Waals surface area contributed by atoms with Crippen molar-refractivity contribution in [2.45, 2.75) is 20.3 Å². The van der Waals surface area contributed by atoms with Gasteiger partial charge in [0.15, 0.2) is 0 Å². The Balaban J connectivity index is 1.82. The lowest BCUT2D eigenvalue weighted by Gasteiger charge is -2.40. The van der Waals surface area contributed by atoms with Crippen LogP contribution in [0.5, 0.6) is 0 Å². The summed E-state index contributed by atoms with van der Waals surface area (Å²) in [5.74, 6) is 0. The molecule has 0 aromatic rings. The number of nitrogens with zero attached hydrogens (tertiary/aromatic N) is 1. The molecule has 4 nitrogen and oxygen atoms in total. The van der Waals surface area contributed by atoms with Crippen molar-refractivity contribution in [3.8, 4) is 0 Å². The van der Waals surface area contributed by atoms with Crippen LogP contribution in [0.2, 0.25) is 0 Å². The van der Waals surface area contributed by atoms with Gasteiger partial charge >= 0.3 is 0 Å². The van der Waals surface area contributed by atoms with Gasteiger partial charge in [0, 0.05) is 18.5 Å². The molecule has 0 aliphatic carbocycles. The molecule has 4 heteroatoms. The summed E-state index contributed by atoms with van der Waals surface area (Å²) >= 11 is 0. The topological polar surface area (TPSA) is 30.9 Å². The molecule has 0 radical (unpaired) electrons. The van der Waals surface area contributed by atoms with E-state index in [1.165, 1.54) is 0 Å². The molecule has 0 spiro atoms. The van der Waals surface area contributed by atoms with E-state index in [0.717, 1.165) is 39.5 Å². The van der Waals surface area contributed by atoms with Crippen LogP contribution in [-0.4, -0.2) is 50.8 Å². The number of hydrogen-bond donors (Lipinski definition) is 0. The van der Waals surface area contributed by atoms with Crippen LogP contribution >= 0.6 is 0 Å². The highest BCUT2D eigenvalue weighted by Gasteiger charge is 2.32. The minimum atomic E-state index is -0.146. The number of hydrogen-bond acceptors (Lipinski definition) is 4. The fourth-order valence-electron chi connectivity index (χ4n) is 1.68. The van der Waals surface area contributed by atoms with Crippen LogP contribution in [0, 0.1) is 5.41 Å². The lowest BCUT2D eigenvalue weighted by Crippen LogP contribution is -2.51. The van der Waals surface area contributed by atoms with Crippen molar-refractivity contribution in [3.05, 3.63) is 0 Å². The fourth-order valence-corrected chi connectivity index (χ4v) is 1.68. The van der Waals surface area contributed by atoms with E-state index < -0.39 is 0 Å². The Morgan fingerprint density at radius 1 is 1.07 bits per heavy atom. The van der Waals surface area contributed by atoms with Crippen molar-refractivity contribution in [3.63, 3.8) is 0 Å². The molecule has 0 aromatic heterocycles. The van der Waals surface area contributed by atoms with E-state index in [4.69, 9.17) is 14.2 Å². The van der Waals surface area contributed by atoms with Gasteiger partial charge < -0.3 is 14.2 Å². The molecule has 2 rings (SSSR count). The Hall–Kier alpha value is -0.160. The van der Waals surface area contributed by atoms with Gasteiger partial charge in [-0.05, 0) is 0 Å². The van der Waals surface area contributed by atoms with Gasteiger partial charge in [-0.1, -0.05) is 13.8 Å². The maximum absolute atomic E-state index is 5.68. The molecule has 2 saturated heterocycles. The van der Waals surface area contributed by atoms with Crippen molar-refractivity contribution < 1.29 is 14.2 Å². The fraction of sp³-hybridized carbons (Fsp3) is 1.00. The SMILES string of the molecule is CC1(C)COC(N2CCOCC2)OC1. The zero-order valence-corrected chi connectivity index (χ0v) is 8.99. The normalized spacial score (nSPS) is 30.4. The van der Waals surface area contributed by atoms with E-state index >= 15 is 0 Å². The van der Waals surface area contributed by atoms with Gasteiger partial charge in [-0.15, -0.1) is 0 Å². The highest BCUT2D eigenvalue weighted by atomic mass is 16.7. The molecular weight excluding hydrogens is 182 g/mol. The van der Waals surface area contributed by atoms with E-state index in [1.807, 2.05) is 0 Å². The quantitative estimate of drug-likeness (QED) is 0.624. The second-order valence-corrected chi connectivity index (χ2v) is 4.74. The van der Waals surface area contributed by atoms with Crippen LogP contribution in [-0.2, 0) is 14.2 Å². The Kier molecular flexibility index (Phi) is 3.07. The zero-order valence-electron chi connectivity index (χ0n) is 8.99. The van der Waals surface area contributed by atoms with Gasteiger partial charge in [0.05, 0.1) is 26.4 Å². The molecule has 0 aromatic carbocycles. The Morgan fingerprint density at radius 3 is 2.21 bits per heavy atom. The number of rotatable bonds is 1. The number of ether oxygens (including phenoxy) is 3. The second kappa shape index (κ2) is 4.14. The first-order valence-electron chi connectivity index (χ1n) is 5.22. The molecule has 0 atom stereocenters. The summed E-state index contributed by atoms with van der Waals surface area (Å²) in [6.45, 7) is 9.24. The van der Waals surface area contributed by atoms with Crippen molar-refractivity contribution in [1.82, 2.24) is 4.90 Å². The summed E-state index contributed by atoms with van der Waals surface area (Å²) in [6, 6.07) is 0. The monoisotopic (exact) mass is 201 g/mol. The highest BCUT2D eigenvalue weighted by molar-refractivity contribution is 4.72. The average molecular weight is 201 g/mol. The van der Waals surface area contributed by atoms with Crippen molar-refractivity contribution >= 4 is 0 Å². The Morgan fingerprint density at radius 2 is 1.64 bits per heavy atom. The Bertz CT molecular complexity index is 180. The average Bonchev–Trinajstić information content (AvgIpc) is 2.19. The molecule has 2 fully saturated rings. The largest absolute Gasteiger partial charge is 0.379 e. The first-order valence-corrected chi connectivity index (χ1v) is 5.22. The van der Waals surface area contributed by atoms with E-state index in [-0.39, 0.29) is 11.8 Å². The molecule has 2 aliphatic rings. The van der Waals surface area contributed by atoms with Gasteiger partial charge in [0.2, 0.25) is 6.41 Å². The van der Waals surface area contributed by atoms with E-state index in [1.54, 1.807) is 0 Å². The highest BCUT2D eigenvalue weighted by Crippen LogP contribution is 2.24. The van der Waals surface area contributed by atoms with Gasteiger partial charge in [-0.2, -0.15) is 0 Å². The molecule has 0 N–H and O–H groups in total. The smallest absolute Gasteiger partial charge is 0.218 e. The molecule has 82 valence electrons. The molecular formula is C10H19NO3. The van der Waals surface area contributed by atoms with E-state index in [2.05, 4.69) is 18.7 Å². The molecule has 0 saturated carbocycles. The minimum Gasteiger partial charge on any atom is -0.379 e. The predicted octanol–water partition coefficient (Wildman–Crippen LogP) is 0.675. The lowest BCUT2D eigenvalue weighted by atomic mass is 9.96. The first kappa shape index (κ1) is 10.4. The summed E-state index contributed by atoms with van der Waals surface area (Å²) in [7, 11) is 0. The summed E-state index contributed by atoms with van der Waals surface area (Å²) < 4.78 is 16.6. The summed E-state index contributed by atoms with van der Waals surface area (Å²) in [4.78, 5) is 2.19. The Labute approximate surface area is 85.1 Å². The third kappa shape index (κ3) is 2.45. The van der Waals surface area contributed by atoms with Crippen LogP contribution < -0.4 is 0 Å². The summed E-state index contributed by atoms with van der Waals surface area (Å²) in [5.41, 5.74) is 0.156. The molecule has 0 amide bonds. The standard InChI is InChI=1S/C10H19NO3/c1-10(2)7-13-9(14-8-10)11-3-5-12-6-4-11/h9H,3-8H2,1-2H3. The van der Waals surface area contributed by atoms with Gasteiger partial charge in [-0.3, -0.25) is 4.90 Å². The third-order valence-electron chi connectivity index (χ3n) is 2.58. The van der Waals surface area contributed by atoms with Gasteiger partial charge in [-0.25, -0.2) is 0 Å². The van der Waals surface area contributed by atoms with Crippen LogP contribution in [0.4, 0.5) is 0 Å². The zero-order chi connectivity index (χ0) is 10.0.